The van der Waals surface area contributed by atoms with Crippen LogP contribution in [0.2, 0.25) is 0 Å². The molecular weight excluding hydrogens is 188 g/mol. The van der Waals surface area contributed by atoms with Gasteiger partial charge in [-0.3, -0.25) is 0 Å². The van der Waals surface area contributed by atoms with Gasteiger partial charge in [0.1, 0.15) is 0 Å². The van der Waals surface area contributed by atoms with Crippen LogP contribution in [0.5, 0.6) is 0 Å². The van der Waals surface area contributed by atoms with Crippen LogP contribution in [0.1, 0.15) is 36.8 Å². The first-order valence-electron chi connectivity index (χ1n) is 5.49. The van der Waals surface area contributed by atoms with E-state index in [-0.39, 0.29) is 18.6 Å². The summed E-state index contributed by atoms with van der Waals surface area (Å²) in [5, 5.41) is 18.4. The van der Waals surface area contributed by atoms with Gasteiger partial charge in [-0.15, -0.1) is 0 Å². The Morgan fingerprint density at radius 1 is 1.20 bits per heavy atom. The summed E-state index contributed by atoms with van der Waals surface area (Å²) in [5.74, 6) is 0.260. The molecule has 2 nitrogen and oxygen atoms in total. The van der Waals surface area contributed by atoms with Crippen molar-refractivity contribution in [3.63, 3.8) is 0 Å². The van der Waals surface area contributed by atoms with E-state index in [1.54, 1.807) is 6.92 Å². The third kappa shape index (κ3) is 4.02. The van der Waals surface area contributed by atoms with Crippen molar-refractivity contribution >= 4 is 0 Å². The molecule has 2 atom stereocenters. The van der Waals surface area contributed by atoms with Gasteiger partial charge in [-0.25, -0.2) is 0 Å². The fraction of sp³-hybridized carbons (Fsp3) is 0.538. The van der Waals surface area contributed by atoms with Gasteiger partial charge in [0, 0.05) is 6.61 Å². The molecule has 0 fully saturated rings. The maximum atomic E-state index is 9.38. The summed E-state index contributed by atoms with van der Waals surface area (Å²) in [4.78, 5) is 0. The predicted octanol–water partition coefficient (Wildman–Crippen LogP) is 2.23. The van der Waals surface area contributed by atoms with Gasteiger partial charge in [-0.05, 0) is 38.2 Å². The second-order valence-electron chi connectivity index (χ2n) is 4.20. The van der Waals surface area contributed by atoms with E-state index in [9.17, 15) is 5.11 Å². The van der Waals surface area contributed by atoms with E-state index in [1.165, 1.54) is 11.1 Å². The van der Waals surface area contributed by atoms with E-state index in [4.69, 9.17) is 5.11 Å². The van der Waals surface area contributed by atoms with Crippen molar-refractivity contribution in [1.29, 1.82) is 0 Å². The van der Waals surface area contributed by atoms with Gasteiger partial charge in [-0.2, -0.15) is 0 Å². The summed E-state index contributed by atoms with van der Waals surface area (Å²) in [5.41, 5.74) is 2.44. The summed E-state index contributed by atoms with van der Waals surface area (Å²) in [6.45, 7) is 4.02. The van der Waals surface area contributed by atoms with Crippen LogP contribution in [0.25, 0.3) is 0 Å². The second kappa shape index (κ2) is 5.89. The van der Waals surface area contributed by atoms with Crippen LogP contribution in [0.4, 0.5) is 0 Å². The summed E-state index contributed by atoms with van der Waals surface area (Å²) in [6.07, 6.45) is 1.11. The largest absolute Gasteiger partial charge is 0.396 e. The molecule has 0 bridgehead atoms. The number of aryl methyl sites for hydroxylation is 1. The van der Waals surface area contributed by atoms with Gasteiger partial charge in [0.25, 0.3) is 0 Å². The molecule has 1 rings (SSSR count). The third-order valence-electron chi connectivity index (χ3n) is 2.65. The number of hydrogen-bond donors (Lipinski definition) is 2. The van der Waals surface area contributed by atoms with Crippen molar-refractivity contribution in [3.05, 3.63) is 35.4 Å². The van der Waals surface area contributed by atoms with Crippen LogP contribution >= 0.6 is 0 Å². The molecule has 0 spiro atoms. The number of aliphatic hydroxyl groups excluding tert-OH is 2. The van der Waals surface area contributed by atoms with Gasteiger partial charge >= 0.3 is 0 Å². The Morgan fingerprint density at radius 3 is 2.27 bits per heavy atom. The molecule has 0 amide bonds. The zero-order valence-electron chi connectivity index (χ0n) is 9.48. The normalized spacial score (nSPS) is 14.9. The first kappa shape index (κ1) is 12.2. The molecule has 0 saturated heterocycles. The molecule has 0 radical (unpaired) electrons. The number of benzene rings is 1. The monoisotopic (exact) mass is 208 g/mol. The Morgan fingerprint density at radius 2 is 1.80 bits per heavy atom. The van der Waals surface area contributed by atoms with Crippen LogP contribution in [0.15, 0.2) is 24.3 Å². The van der Waals surface area contributed by atoms with Crippen molar-refractivity contribution in [2.75, 3.05) is 6.61 Å². The van der Waals surface area contributed by atoms with Crippen LogP contribution in [0.3, 0.4) is 0 Å². The standard InChI is InChI=1S/C13H20O2/c1-10-3-5-12(6-4-10)13(7-8-14)9-11(2)15/h3-6,11,13-15H,7-9H2,1-2H3. The van der Waals surface area contributed by atoms with Crippen molar-refractivity contribution in [3.8, 4) is 0 Å². The molecule has 0 heterocycles. The van der Waals surface area contributed by atoms with Crippen LogP contribution < -0.4 is 0 Å². The minimum atomic E-state index is -0.317. The molecule has 2 N–H and O–H groups in total. The number of aliphatic hydroxyl groups is 2. The van der Waals surface area contributed by atoms with Crippen LogP contribution in [0, 0.1) is 6.92 Å². The minimum absolute atomic E-state index is 0.172. The highest BCUT2D eigenvalue weighted by Gasteiger charge is 2.13. The van der Waals surface area contributed by atoms with E-state index in [2.05, 4.69) is 31.2 Å². The molecule has 84 valence electrons. The summed E-state index contributed by atoms with van der Waals surface area (Å²) in [7, 11) is 0. The van der Waals surface area contributed by atoms with Gasteiger partial charge < -0.3 is 10.2 Å². The smallest absolute Gasteiger partial charge is 0.0518 e. The van der Waals surface area contributed by atoms with Gasteiger partial charge in [0.15, 0.2) is 0 Å². The molecule has 1 aromatic carbocycles. The fourth-order valence-electron chi connectivity index (χ4n) is 1.83. The molecule has 2 heteroatoms. The lowest BCUT2D eigenvalue weighted by atomic mass is 9.90. The first-order valence-corrected chi connectivity index (χ1v) is 5.49. The van der Waals surface area contributed by atoms with Crippen molar-refractivity contribution in [2.24, 2.45) is 0 Å². The lowest BCUT2D eigenvalue weighted by Crippen LogP contribution is -2.10. The Bertz CT molecular complexity index is 277. The molecule has 1 aromatic rings. The number of rotatable bonds is 5. The summed E-state index contributed by atoms with van der Waals surface area (Å²) < 4.78 is 0. The zero-order chi connectivity index (χ0) is 11.3. The average Bonchev–Trinajstić information content (AvgIpc) is 2.17. The van der Waals surface area contributed by atoms with Gasteiger partial charge in [0.05, 0.1) is 6.10 Å². The SMILES string of the molecule is Cc1ccc(C(CCO)CC(C)O)cc1. The maximum absolute atomic E-state index is 9.38. The zero-order valence-corrected chi connectivity index (χ0v) is 9.48. The molecule has 0 aromatic heterocycles. The number of hydrogen-bond acceptors (Lipinski definition) is 2. The highest BCUT2D eigenvalue weighted by atomic mass is 16.3. The fourth-order valence-corrected chi connectivity index (χ4v) is 1.83. The van der Waals surface area contributed by atoms with Crippen molar-refractivity contribution < 1.29 is 10.2 Å². The Labute approximate surface area is 91.6 Å². The van der Waals surface area contributed by atoms with E-state index in [1.807, 2.05) is 0 Å². The van der Waals surface area contributed by atoms with Gasteiger partial charge in [-0.1, -0.05) is 29.8 Å². The van der Waals surface area contributed by atoms with Crippen molar-refractivity contribution in [1.82, 2.24) is 0 Å². The van der Waals surface area contributed by atoms with E-state index >= 15 is 0 Å². The summed E-state index contributed by atoms with van der Waals surface area (Å²) >= 11 is 0. The minimum Gasteiger partial charge on any atom is -0.396 e. The topological polar surface area (TPSA) is 40.5 Å². The maximum Gasteiger partial charge on any atom is 0.0518 e. The van der Waals surface area contributed by atoms with E-state index in [0.717, 1.165) is 0 Å². The lowest BCUT2D eigenvalue weighted by Gasteiger charge is -2.18. The first-order chi connectivity index (χ1) is 7.13. The van der Waals surface area contributed by atoms with Crippen LogP contribution in [-0.4, -0.2) is 22.9 Å². The Hall–Kier alpha value is -0.860. The van der Waals surface area contributed by atoms with E-state index in [0.29, 0.717) is 12.8 Å². The quantitative estimate of drug-likeness (QED) is 0.779. The highest BCUT2D eigenvalue weighted by molar-refractivity contribution is 5.24. The van der Waals surface area contributed by atoms with Gasteiger partial charge in [0.2, 0.25) is 0 Å². The third-order valence-corrected chi connectivity index (χ3v) is 2.65. The molecule has 0 aliphatic rings. The molecule has 0 aliphatic heterocycles. The molecular formula is C13H20O2. The average molecular weight is 208 g/mol. The molecule has 15 heavy (non-hydrogen) atoms. The molecule has 0 saturated carbocycles. The lowest BCUT2D eigenvalue weighted by molar-refractivity contribution is 0.165. The van der Waals surface area contributed by atoms with Crippen LogP contribution in [-0.2, 0) is 0 Å². The molecule has 2 unspecified atom stereocenters. The Balaban J connectivity index is 2.74. The second-order valence-corrected chi connectivity index (χ2v) is 4.20. The predicted molar refractivity (Wildman–Crippen MR) is 61.9 cm³/mol. The highest BCUT2D eigenvalue weighted by Crippen LogP contribution is 2.24. The summed E-state index contributed by atoms with van der Waals surface area (Å²) in [6, 6.07) is 8.31. The van der Waals surface area contributed by atoms with E-state index < -0.39 is 0 Å². The molecule has 0 aliphatic carbocycles. The Kier molecular flexibility index (Phi) is 4.79. The van der Waals surface area contributed by atoms with Crippen molar-refractivity contribution in [2.45, 2.75) is 38.7 Å².